The van der Waals surface area contributed by atoms with Gasteiger partial charge in [0.1, 0.15) is 5.82 Å². The molecule has 0 N–H and O–H groups in total. The predicted molar refractivity (Wildman–Crippen MR) is 84.6 cm³/mol. The van der Waals surface area contributed by atoms with Crippen molar-refractivity contribution in [2.45, 2.75) is 44.5 Å². The average Bonchev–Trinajstić information content (AvgIpc) is 2.97. The van der Waals surface area contributed by atoms with Crippen molar-refractivity contribution >= 4 is 17.4 Å². The molecule has 1 aromatic heterocycles. The van der Waals surface area contributed by atoms with Gasteiger partial charge in [-0.25, -0.2) is 4.98 Å². The number of nitrogens with zero attached hydrogens (tertiary/aromatic N) is 3. The Morgan fingerprint density at radius 3 is 2.75 bits per heavy atom. The summed E-state index contributed by atoms with van der Waals surface area (Å²) in [5.74, 6) is 1.68. The summed E-state index contributed by atoms with van der Waals surface area (Å²) in [6, 6.07) is 4.95. The number of likely N-dealkylation sites (tertiary alicyclic amines) is 1. The van der Waals surface area contributed by atoms with Gasteiger partial charge in [0.25, 0.3) is 0 Å². The van der Waals surface area contributed by atoms with E-state index in [9.17, 15) is 0 Å². The molecule has 3 nitrogen and oxygen atoms in total. The quantitative estimate of drug-likeness (QED) is 0.798. The highest BCUT2D eigenvalue weighted by molar-refractivity contribution is 6.17. The van der Waals surface area contributed by atoms with E-state index in [-0.39, 0.29) is 0 Å². The lowest BCUT2D eigenvalue weighted by atomic mass is 10.1. The molecule has 0 amide bonds. The fraction of sp³-hybridized carbons (Fsp3) is 0.688. The van der Waals surface area contributed by atoms with Crippen LogP contribution in [0.15, 0.2) is 12.1 Å². The van der Waals surface area contributed by atoms with Gasteiger partial charge in [0.2, 0.25) is 0 Å². The molecule has 2 saturated heterocycles. The van der Waals surface area contributed by atoms with Gasteiger partial charge in [-0.15, -0.1) is 11.6 Å². The van der Waals surface area contributed by atoms with Crippen molar-refractivity contribution in [3.8, 4) is 0 Å². The number of hydrogen-bond donors (Lipinski definition) is 0. The Balaban J connectivity index is 1.68. The van der Waals surface area contributed by atoms with Crippen molar-refractivity contribution in [2.75, 3.05) is 31.1 Å². The fourth-order valence-electron chi connectivity index (χ4n) is 3.49. The number of piperidine rings is 1. The summed E-state index contributed by atoms with van der Waals surface area (Å²) in [5, 5.41) is 0. The Bertz CT molecular complexity index is 457. The molecule has 2 fully saturated rings. The lowest BCUT2D eigenvalue weighted by Gasteiger charge is -2.32. The second kappa shape index (κ2) is 6.31. The highest BCUT2D eigenvalue weighted by Gasteiger charge is 2.29. The van der Waals surface area contributed by atoms with Gasteiger partial charge in [-0.3, -0.25) is 4.90 Å². The minimum Gasteiger partial charge on any atom is -0.355 e. The largest absolute Gasteiger partial charge is 0.355 e. The predicted octanol–water partition coefficient (Wildman–Crippen LogP) is 3.19. The zero-order valence-electron chi connectivity index (χ0n) is 12.3. The average molecular weight is 294 g/mol. The van der Waals surface area contributed by atoms with E-state index < -0.39 is 0 Å². The van der Waals surface area contributed by atoms with Crippen molar-refractivity contribution in [3.05, 3.63) is 23.4 Å². The van der Waals surface area contributed by atoms with Crippen molar-refractivity contribution in [2.24, 2.45) is 0 Å². The standard InChI is InChI=1S/C16H24ClN3/c1-13-9-14(11-17)10-16(18-13)20-8-5-15(12-20)19-6-3-2-4-7-19/h9-10,15H,2-8,11-12H2,1H3. The van der Waals surface area contributed by atoms with E-state index in [1.807, 2.05) is 0 Å². The maximum absolute atomic E-state index is 5.97. The van der Waals surface area contributed by atoms with Crippen LogP contribution in [0, 0.1) is 6.92 Å². The van der Waals surface area contributed by atoms with E-state index in [0.29, 0.717) is 5.88 Å². The van der Waals surface area contributed by atoms with Crippen LogP contribution in [0.2, 0.25) is 0 Å². The molecule has 1 aromatic rings. The molecule has 0 radical (unpaired) electrons. The first-order valence-electron chi connectivity index (χ1n) is 7.79. The van der Waals surface area contributed by atoms with Gasteiger partial charge in [0.05, 0.1) is 0 Å². The maximum Gasteiger partial charge on any atom is 0.129 e. The summed E-state index contributed by atoms with van der Waals surface area (Å²) in [6.45, 7) is 6.87. The number of alkyl halides is 1. The van der Waals surface area contributed by atoms with Crippen LogP contribution in [0.3, 0.4) is 0 Å². The van der Waals surface area contributed by atoms with Gasteiger partial charge in [-0.05, 0) is 57.0 Å². The number of anilines is 1. The van der Waals surface area contributed by atoms with E-state index in [4.69, 9.17) is 16.6 Å². The van der Waals surface area contributed by atoms with Crippen molar-refractivity contribution in [3.63, 3.8) is 0 Å². The lowest BCUT2D eigenvalue weighted by molar-refractivity contribution is 0.175. The highest BCUT2D eigenvalue weighted by Crippen LogP contribution is 2.25. The smallest absolute Gasteiger partial charge is 0.129 e. The fourth-order valence-corrected chi connectivity index (χ4v) is 3.65. The Labute approximate surface area is 126 Å². The van der Waals surface area contributed by atoms with E-state index in [1.54, 1.807) is 0 Å². The van der Waals surface area contributed by atoms with Crippen molar-refractivity contribution in [1.82, 2.24) is 9.88 Å². The first-order valence-corrected chi connectivity index (χ1v) is 8.32. The first kappa shape index (κ1) is 14.2. The van der Waals surface area contributed by atoms with Crippen LogP contribution in [0.25, 0.3) is 0 Å². The molecule has 1 atom stereocenters. The molecule has 2 aliphatic rings. The summed E-state index contributed by atoms with van der Waals surface area (Å²) in [4.78, 5) is 9.81. The van der Waals surface area contributed by atoms with Crippen molar-refractivity contribution < 1.29 is 0 Å². The van der Waals surface area contributed by atoms with Gasteiger partial charge in [-0.2, -0.15) is 0 Å². The van der Waals surface area contributed by atoms with Gasteiger partial charge < -0.3 is 4.90 Å². The SMILES string of the molecule is Cc1cc(CCl)cc(N2CCC(N3CCCCC3)C2)n1. The van der Waals surface area contributed by atoms with E-state index in [1.165, 1.54) is 44.3 Å². The second-order valence-electron chi connectivity index (χ2n) is 6.09. The molecule has 3 heterocycles. The molecular weight excluding hydrogens is 270 g/mol. The molecular formula is C16H24ClN3. The molecule has 0 aliphatic carbocycles. The minimum absolute atomic E-state index is 0.569. The molecule has 1 unspecified atom stereocenters. The molecule has 0 bridgehead atoms. The number of aryl methyl sites for hydroxylation is 1. The Morgan fingerprint density at radius 1 is 1.20 bits per heavy atom. The zero-order valence-corrected chi connectivity index (χ0v) is 13.1. The molecule has 0 saturated carbocycles. The summed E-state index contributed by atoms with van der Waals surface area (Å²) in [6.07, 6.45) is 5.42. The lowest BCUT2D eigenvalue weighted by Crippen LogP contribution is -2.41. The van der Waals surface area contributed by atoms with E-state index in [2.05, 4.69) is 28.9 Å². The van der Waals surface area contributed by atoms with Crippen LogP contribution >= 0.6 is 11.6 Å². The van der Waals surface area contributed by atoms with Crippen LogP contribution in [0.4, 0.5) is 5.82 Å². The van der Waals surface area contributed by atoms with Gasteiger partial charge in [-0.1, -0.05) is 6.42 Å². The number of hydrogen-bond acceptors (Lipinski definition) is 3. The van der Waals surface area contributed by atoms with Crippen molar-refractivity contribution in [1.29, 1.82) is 0 Å². The molecule has 3 rings (SSSR count). The first-order chi connectivity index (χ1) is 9.76. The molecule has 0 spiro atoms. The highest BCUT2D eigenvalue weighted by atomic mass is 35.5. The van der Waals surface area contributed by atoms with E-state index in [0.717, 1.165) is 30.6 Å². The summed E-state index contributed by atoms with van der Waals surface area (Å²) >= 11 is 5.97. The summed E-state index contributed by atoms with van der Waals surface area (Å²) in [5.41, 5.74) is 2.25. The van der Waals surface area contributed by atoms with E-state index >= 15 is 0 Å². The van der Waals surface area contributed by atoms with Gasteiger partial charge in [0, 0.05) is 30.7 Å². The van der Waals surface area contributed by atoms with Crippen LogP contribution in [0.1, 0.15) is 36.9 Å². The topological polar surface area (TPSA) is 19.4 Å². The second-order valence-corrected chi connectivity index (χ2v) is 6.36. The maximum atomic E-state index is 5.97. The number of aromatic nitrogens is 1. The normalized spacial score (nSPS) is 24.3. The third-order valence-electron chi connectivity index (χ3n) is 4.55. The Kier molecular flexibility index (Phi) is 4.47. The van der Waals surface area contributed by atoms with Gasteiger partial charge in [0.15, 0.2) is 0 Å². The van der Waals surface area contributed by atoms with Crippen LogP contribution in [-0.4, -0.2) is 42.1 Å². The summed E-state index contributed by atoms with van der Waals surface area (Å²) < 4.78 is 0. The minimum atomic E-state index is 0.569. The number of rotatable bonds is 3. The van der Waals surface area contributed by atoms with Crippen LogP contribution in [0.5, 0.6) is 0 Å². The molecule has 0 aromatic carbocycles. The number of halogens is 1. The molecule has 110 valence electrons. The Hall–Kier alpha value is -0.800. The molecule has 2 aliphatic heterocycles. The molecule has 4 heteroatoms. The monoisotopic (exact) mass is 293 g/mol. The van der Waals surface area contributed by atoms with Gasteiger partial charge >= 0.3 is 0 Å². The van der Waals surface area contributed by atoms with Crippen LogP contribution in [-0.2, 0) is 5.88 Å². The van der Waals surface area contributed by atoms with Crippen LogP contribution < -0.4 is 4.90 Å². The summed E-state index contributed by atoms with van der Waals surface area (Å²) in [7, 11) is 0. The zero-order chi connectivity index (χ0) is 13.9. The number of pyridine rings is 1. The molecule has 20 heavy (non-hydrogen) atoms. The third kappa shape index (κ3) is 3.09. The Morgan fingerprint density at radius 2 is 2.00 bits per heavy atom. The third-order valence-corrected chi connectivity index (χ3v) is 4.86.